The molecule has 3 heteroatoms. The molecule has 0 fully saturated rings. The van der Waals surface area contributed by atoms with E-state index in [9.17, 15) is 0 Å². The van der Waals surface area contributed by atoms with Crippen molar-refractivity contribution in [2.45, 2.75) is 13.8 Å². The van der Waals surface area contributed by atoms with E-state index in [0.717, 1.165) is 22.1 Å². The molecule has 74 valence electrons. The highest BCUT2D eigenvalue weighted by Crippen LogP contribution is 2.28. The van der Waals surface area contributed by atoms with Gasteiger partial charge in [0.25, 0.3) is 0 Å². The fourth-order valence-electron chi connectivity index (χ4n) is 1.77. The number of fused-ring (bicyclic) bond motifs is 3. The molecule has 1 aromatic carbocycles. The predicted octanol–water partition coefficient (Wildman–Crippen LogP) is 2.99. The first-order valence-corrected chi connectivity index (χ1v) is 4.85. The average Bonchev–Trinajstić information content (AvgIpc) is 2.57. The molecule has 0 saturated heterocycles. The van der Waals surface area contributed by atoms with Gasteiger partial charge in [-0.1, -0.05) is 0 Å². The number of benzene rings is 1. The second-order valence-electron chi connectivity index (χ2n) is 3.77. The van der Waals surface area contributed by atoms with Crippen LogP contribution >= 0.6 is 0 Å². The van der Waals surface area contributed by atoms with Crippen LogP contribution in [0.25, 0.3) is 22.1 Å². The van der Waals surface area contributed by atoms with Crippen molar-refractivity contribution >= 4 is 22.1 Å². The summed E-state index contributed by atoms with van der Waals surface area (Å²) < 4.78 is 5.66. The van der Waals surface area contributed by atoms with Crippen LogP contribution in [0.5, 0.6) is 0 Å². The zero-order chi connectivity index (χ0) is 10.4. The molecule has 2 heterocycles. The summed E-state index contributed by atoms with van der Waals surface area (Å²) in [5.41, 5.74) is 5.01. The minimum Gasteiger partial charge on any atom is -0.453 e. The molecule has 3 aromatic rings. The number of furan rings is 1. The third-order valence-electron chi connectivity index (χ3n) is 2.75. The van der Waals surface area contributed by atoms with Gasteiger partial charge in [0, 0.05) is 5.39 Å². The van der Waals surface area contributed by atoms with Crippen LogP contribution in [0.4, 0.5) is 0 Å². The first-order chi connectivity index (χ1) is 7.25. The van der Waals surface area contributed by atoms with E-state index in [-0.39, 0.29) is 0 Å². The normalized spacial score (nSPS) is 11.3. The van der Waals surface area contributed by atoms with Gasteiger partial charge in [0.05, 0.1) is 6.20 Å². The first kappa shape index (κ1) is 8.41. The molecule has 15 heavy (non-hydrogen) atoms. The van der Waals surface area contributed by atoms with Crippen LogP contribution in [-0.4, -0.2) is 9.97 Å². The predicted molar refractivity (Wildman–Crippen MR) is 58.8 cm³/mol. The van der Waals surface area contributed by atoms with Crippen molar-refractivity contribution in [3.8, 4) is 0 Å². The lowest BCUT2D eigenvalue weighted by Crippen LogP contribution is -1.80. The summed E-state index contributed by atoms with van der Waals surface area (Å²) in [6, 6.07) is 4.16. The van der Waals surface area contributed by atoms with Crippen molar-refractivity contribution in [2.24, 2.45) is 0 Å². The molecule has 0 aliphatic carbocycles. The molecule has 0 saturated carbocycles. The molecule has 3 nitrogen and oxygen atoms in total. The average molecular weight is 198 g/mol. The highest BCUT2D eigenvalue weighted by Gasteiger charge is 2.08. The van der Waals surface area contributed by atoms with E-state index in [1.165, 1.54) is 11.1 Å². The molecule has 0 N–H and O–H groups in total. The maximum atomic E-state index is 5.66. The van der Waals surface area contributed by atoms with E-state index in [1.807, 2.05) is 6.07 Å². The fraction of sp³-hybridized carbons (Fsp3) is 0.167. The smallest absolute Gasteiger partial charge is 0.172 e. The van der Waals surface area contributed by atoms with Crippen LogP contribution in [0, 0.1) is 13.8 Å². The Labute approximate surface area is 86.8 Å². The molecule has 0 spiro atoms. The Morgan fingerprint density at radius 1 is 1.07 bits per heavy atom. The molecule has 0 unspecified atom stereocenters. The maximum Gasteiger partial charge on any atom is 0.172 e. The van der Waals surface area contributed by atoms with Crippen molar-refractivity contribution in [3.63, 3.8) is 0 Å². The minimum absolute atomic E-state index is 0.748. The number of hydrogen-bond acceptors (Lipinski definition) is 3. The van der Waals surface area contributed by atoms with Gasteiger partial charge in [0.15, 0.2) is 5.58 Å². The zero-order valence-corrected chi connectivity index (χ0v) is 8.61. The van der Waals surface area contributed by atoms with Crippen molar-refractivity contribution < 1.29 is 4.42 Å². The molecule has 0 aliphatic heterocycles. The summed E-state index contributed by atoms with van der Waals surface area (Å²) in [6.07, 6.45) is 3.25. The highest BCUT2D eigenvalue weighted by molar-refractivity contribution is 6.02. The summed E-state index contributed by atoms with van der Waals surface area (Å²) in [5, 5.41) is 1.07. The van der Waals surface area contributed by atoms with Crippen molar-refractivity contribution in [2.75, 3.05) is 0 Å². The van der Waals surface area contributed by atoms with Gasteiger partial charge < -0.3 is 4.42 Å². The van der Waals surface area contributed by atoms with Gasteiger partial charge in [-0.05, 0) is 37.1 Å². The fourth-order valence-corrected chi connectivity index (χ4v) is 1.77. The number of hydrogen-bond donors (Lipinski definition) is 0. The lowest BCUT2D eigenvalue weighted by Gasteiger charge is -1.97. The molecular weight excluding hydrogens is 188 g/mol. The Morgan fingerprint density at radius 2 is 1.87 bits per heavy atom. The number of nitrogens with zero attached hydrogens (tertiary/aromatic N) is 2. The van der Waals surface area contributed by atoms with Gasteiger partial charge in [-0.15, -0.1) is 0 Å². The van der Waals surface area contributed by atoms with Crippen molar-refractivity contribution in [3.05, 3.63) is 35.8 Å². The van der Waals surface area contributed by atoms with Gasteiger partial charge in [-0.3, -0.25) is 0 Å². The Hall–Kier alpha value is -1.90. The third kappa shape index (κ3) is 1.13. The van der Waals surface area contributed by atoms with Gasteiger partial charge in [0.2, 0.25) is 0 Å². The Morgan fingerprint density at radius 3 is 2.73 bits per heavy atom. The second kappa shape index (κ2) is 2.79. The minimum atomic E-state index is 0.748. The maximum absolute atomic E-state index is 5.66. The molecular formula is C12H10N2O. The van der Waals surface area contributed by atoms with E-state index >= 15 is 0 Å². The Bertz CT molecular complexity index is 655. The quantitative estimate of drug-likeness (QED) is 0.557. The lowest BCUT2D eigenvalue weighted by atomic mass is 10.1. The van der Waals surface area contributed by atoms with Gasteiger partial charge >= 0.3 is 0 Å². The van der Waals surface area contributed by atoms with E-state index in [4.69, 9.17) is 4.42 Å². The van der Waals surface area contributed by atoms with E-state index in [1.54, 1.807) is 12.5 Å². The highest BCUT2D eigenvalue weighted by atomic mass is 16.3. The van der Waals surface area contributed by atoms with Gasteiger partial charge in [-0.2, -0.15) is 0 Å². The summed E-state index contributed by atoms with van der Waals surface area (Å²) >= 11 is 0. The monoisotopic (exact) mass is 198 g/mol. The molecule has 0 radical (unpaired) electrons. The van der Waals surface area contributed by atoms with Crippen LogP contribution in [0.2, 0.25) is 0 Å². The van der Waals surface area contributed by atoms with Crippen LogP contribution in [0.1, 0.15) is 11.1 Å². The molecule has 0 atom stereocenters. The van der Waals surface area contributed by atoms with Gasteiger partial charge in [0.1, 0.15) is 17.4 Å². The SMILES string of the molecule is Cc1cc2oc3cncnc3c2cc1C. The van der Waals surface area contributed by atoms with Crippen molar-refractivity contribution in [1.29, 1.82) is 0 Å². The first-order valence-electron chi connectivity index (χ1n) is 4.85. The summed E-state index contributed by atoms with van der Waals surface area (Å²) in [4.78, 5) is 8.18. The van der Waals surface area contributed by atoms with E-state index in [2.05, 4.69) is 29.9 Å². The zero-order valence-electron chi connectivity index (χ0n) is 8.61. The largest absolute Gasteiger partial charge is 0.453 e. The molecule has 0 bridgehead atoms. The van der Waals surface area contributed by atoms with E-state index in [0.29, 0.717) is 0 Å². The van der Waals surface area contributed by atoms with Crippen LogP contribution in [0.15, 0.2) is 29.1 Å². The third-order valence-corrected chi connectivity index (χ3v) is 2.75. The molecule has 3 rings (SSSR count). The van der Waals surface area contributed by atoms with E-state index < -0.39 is 0 Å². The summed E-state index contributed by atoms with van der Waals surface area (Å²) in [7, 11) is 0. The molecule has 0 aliphatic rings. The Balaban J connectivity index is 2.56. The topological polar surface area (TPSA) is 38.9 Å². The van der Waals surface area contributed by atoms with Gasteiger partial charge in [-0.25, -0.2) is 9.97 Å². The Kier molecular flexibility index (Phi) is 1.57. The lowest BCUT2D eigenvalue weighted by molar-refractivity contribution is 0.665. The standard InChI is InChI=1S/C12H10N2O/c1-7-3-9-10(4-8(7)2)15-11-5-13-6-14-12(9)11/h3-6H,1-2H3. The second-order valence-corrected chi connectivity index (χ2v) is 3.77. The molecule has 0 amide bonds. The number of rotatable bonds is 0. The molecule has 2 aromatic heterocycles. The van der Waals surface area contributed by atoms with Crippen molar-refractivity contribution in [1.82, 2.24) is 9.97 Å². The summed E-state index contributed by atoms with van der Waals surface area (Å²) in [6.45, 7) is 4.17. The van der Waals surface area contributed by atoms with Crippen LogP contribution < -0.4 is 0 Å². The number of aromatic nitrogens is 2. The summed E-state index contributed by atoms with van der Waals surface area (Å²) in [5.74, 6) is 0. The van der Waals surface area contributed by atoms with Crippen LogP contribution in [-0.2, 0) is 0 Å². The van der Waals surface area contributed by atoms with Crippen LogP contribution in [0.3, 0.4) is 0 Å². The number of aryl methyl sites for hydroxylation is 2.